The van der Waals surface area contributed by atoms with Gasteiger partial charge in [0.2, 0.25) is 0 Å². The Labute approximate surface area is 165 Å². The van der Waals surface area contributed by atoms with Gasteiger partial charge in [-0.25, -0.2) is 4.79 Å². The first-order valence-electron chi connectivity index (χ1n) is 8.95. The summed E-state index contributed by atoms with van der Waals surface area (Å²) in [4.78, 5) is 13.9. The van der Waals surface area contributed by atoms with Crippen LogP contribution in [-0.2, 0) is 26.1 Å². The number of anilines is 1. The van der Waals surface area contributed by atoms with Gasteiger partial charge in [0.1, 0.15) is 0 Å². The van der Waals surface area contributed by atoms with Crippen molar-refractivity contribution >= 4 is 23.4 Å². The van der Waals surface area contributed by atoms with E-state index in [-0.39, 0.29) is 23.7 Å². The van der Waals surface area contributed by atoms with E-state index in [1.807, 2.05) is 16.5 Å². The quantitative estimate of drug-likeness (QED) is 0.675. The average Bonchev–Trinajstić information content (AvgIpc) is 3.29. The van der Waals surface area contributed by atoms with Crippen molar-refractivity contribution in [3.05, 3.63) is 51.8 Å². The van der Waals surface area contributed by atoms with E-state index < -0.39 is 5.97 Å². The zero-order valence-electron chi connectivity index (χ0n) is 15.2. The SMILES string of the molecule is CCn1nc(CO)c2c1CCN(c1noc(-c3ccc(Cl)cc3)c1C(=O)O)C2. The summed E-state index contributed by atoms with van der Waals surface area (Å²) in [6, 6.07) is 6.74. The molecule has 28 heavy (non-hydrogen) atoms. The maximum Gasteiger partial charge on any atom is 0.343 e. The molecule has 0 unspecified atom stereocenters. The molecule has 0 saturated heterocycles. The monoisotopic (exact) mass is 402 g/mol. The first-order valence-corrected chi connectivity index (χ1v) is 9.33. The highest BCUT2D eigenvalue weighted by atomic mass is 35.5. The molecule has 9 heteroatoms. The summed E-state index contributed by atoms with van der Waals surface area (Å²) in [5, 5.41) is 28.5. The molecule has 2 N–H and O–H groups in total. The van der Waals surface area contributed by atoms with Crippen LogP contribution in [0, 0.1) is 0 Å². The Hall–Kier alpha value is -2.84. The number of aliphatic hydroxyl groups is 1. The van der Waals surface area contributed by atoms with Crippen LogP contribution in [0.3, 0.4) is 0 Å². The fourth-order valence-electron chi connectivity index (χ4n) is 3.62. The molecule has 3 aromatic rings. The molecule has 1 aliphatic heterocycles. The molecule has 146 valence electrons. The third kappa shape index (κ3) is 3.04. The van der Waals surface area contributed by atoms with Crippen LogP contribution < -0.4 is 4.90 Å². The lowest BCUT2D eigenvalue weighted by molar-refractivity contribution is 0.0697. The number of aromatic carboxylic acids is 1. The molecule has 2 aromatic heterocycles. The van der Waals surface area contributed by atoms with Crippen molar-refractivity contribution in [1.82, 2.24) is 14.9 Å². The Balaban J connectivity index is 1.73. The number of hydrogen-bond acceptors (Lipinski definition) is 6. The number of benzene rings is 1. The van der Waals surface area contributed by atoms with E-state index in [0.717, 1.165) is 11.3 Å². The molecule has 0 radical (unpaired) electrons. The normalized spacial score (nSPS) is 13.6. The number of aryl methyl sites for hydroxylation is 1. The summed E-state index contributed by atoms with van der Waals surface area (Å²) in [5.41, 5.74) is 3.20. The Morgan fingerprint density at radius 1 is 1.32 bits per heavy atom. The molecule has 4 rings (SSSR count). The lowest BCUT2D eigenvalue weighted by atomic mass is 10.0. The number of rotatable bonds is 5. The summed E-state index contributed by atoms with van der Waals surface area (Å²) in [6.45, 7) is 3.55. The summed E-state index contributed by atoms with van der Waals surface area (Å²) < 4.78 is 7.31. The standard InChI is InChI=1S/C19H19ClN4O4/c1-2-24-15-7-8-23(9-13(15)14(10-25)21-24)18-16(19(26)27)17(28-22-18)11-3-5-12(20)6-4-11/h3-6,25H,2,7-10H2,1H3,(H,26,27). The van der Waals surface area contributed by atoms with Gasteiger partial charge in [0.05, 0.1) is 12.3 Å². The van der Waals surface area contributed by atoms with E-state index in [2.05, 4.69) is 10.3 Å². The minimum Gasteiger partial charge on any atom is -0.477 e. The van der Waals surface area contributed by atoms with Gasteiger partial charge >= 0.3 is 5.97 Å². The molecular weight excluding hydrogens is 384 g/mol. The number of halogens is 1. The van der Waals surface area contributed by atoms with Crippen LogP contribution in [0.15, 0.2) is 28.8 Å². The first kappa shape index (κ1) is 18.5. The molecule has 3 heterocycles. The second-order valence-electron chi connectivity index (χ2n) is 6.54. The Bertz CT molecular complexity index is 1030. The molecular formula is C19H19ClN4O4. The Morgan fingerprint density at radius 2 is 2.07 bits per heavy atom. The van der Waals surface area contributed by atoms with Crippen LogP contribution in [0.1, 0.15) is 34.2 Å². The molecule has 0 spiro atoms. The maximum absolute atomic E-state index is 12.0. The van der Waals surface area contributed by atoms with Crippen molar-refractivity contribution in [2.45, 2.75) is 33.0 Å². The summed E-state index contributed by atoms with van der Waals surface area (Å²) in [6.07, 6.45) is 0.679. The number of nitrogens with zero attached hydrogens (tertiary/aromatic N) is 4. The molecule has 0 fully saturated rings. The van der Waals surface area contributed by atoms with Crippen molar-refractivity contribution < 1.29 is 19.5 Å². The van der Waals surface area contributed by atoms with E-state index in [0.29, 0.717) is 42.3 Å². The van der Waals surface area contributed by atoms with Crippen molar-refractivity contribution in [2.75, 3.05) is 11.4 Å². The van der Waals surface area contributed by atoms with Crippen molar-refractivity contribution in [3.63, 3.8) is 0 Å². The number of aromatic nitrogens is 3. The number of carbonyl (C=O) groups is 1. The van der Waals surface area contributed by atoms with Gasteiger partial charge in [0.25, 0.3) is 0 Å². The van der Waals surface area contributed by atoms with Gasteiger partial charge in [-0.2, -0.15) is 5.10 Å². The number of hydrogen-bond donors (Lipinski definition) is 2. The van der Waals surface area contributed by atoms with Crippen LogP contribution in [0.2, 0.25) is 5.02 Å². The van der Waals surface area contributed by atoms with Gasteiger partial charge in [-0.1, -0.05) is 16.8 Å². The highest BCUT2D eigenvalue weighted by Gasteiger charge is 2.31. The van der Waals surface area contributed by atoms with Crippen LogP contribution in [0.25, 0.3) is 11.3 Å². The highest BCUT2D eigenvalue weighted by Crippen LogP contribution is 2.35. The topological polar surface area (TPSA) is 105 Å². The second-order valence-corrected chi connectivity index (χ2v) is 6.98. The van der Waals surface area contributed by atoms with Gasteiger partial charge in [-0.05, 0) is 31.2 Å². The lowest BCUT2D eigenvalue weighted by Crippen LogP contribution is -2.32. The molecule has 0 saturated carbocycles. The van der Waals surface area contributed by atoms with Gasteiger partial charge in [0, 0.05) is 47.9 Å². The van der Waals surface area contributed by atoms with E-state index in [9.17, 15) is 15.0 Å². The minimum absolute atomic E-state index is 0.0132. The predicted octanol–water partition coefficient (Wildman–Crippen LogP) is 2.96. The highest BCUT2D eigenvalue weighted by molar-refractivity contribution is 6.30. The van der Waals surface area contributed by atoms with Crippen LogP contribution >= 0.6 is 11.6 Å². The largest absolute Gasteiger partial charge is 0.477 e. The van der Waals surface area contributed by atoms with E-state index in [4.69, 9.17) is 16.1 Å². The summed E-state index contributed by atoms with van der Waals surface area (Å²) in [5.74, 6) is -0.647. The predicted molar refractivity (Wildman–Crippen MR) is 102 cm³/mol. The van der Waals surface area contributed by atoms with Crippen LogP contribution in [0.4, 0.5) is 5.82 Å². The van der Waals surface area contributed by atoms with Gasteiger partial charge in [0.15, 0.2) is 17.1 Å². The van der Waals surface area contributed by atoms with E-state index in [1.165, 1.54) is 0 Å². The molecule has 0 amide bonds. The zero-order valence-corrected chi connectivity index (χ0v) is 16.0. The number of fused-ring (bicyclic) bond motifs is 1. The molecule has 0 aliphatic carbocycles. The molecule has 0 bridgehead atoms. The minimum atomic E-state index is -1.11. The maximum atomic E-state index is 12.0. The Kier molecular flexibility index (Phi) is 4.82. The average molecular weight is 403 g/mol. The molecule has 0 atom stereocenters. The number of carboxylic acid groups (broad SMARTS) is 1. The fourth-order valence-corrected chi connectivity index (χ4v) is 3.75. The smallest absolute Gasteiger partial charge is 0.343 e. The van der Waals surface area contributed by atoms with Gasteiger partial charge in [-0.3, -0.25) is 4.68 Å². The summed E-state index contributed by atoms with van der Waals surface area (Å²) in [7, 11) is 0. The van der Waals surface area contributed by atoms with Gasteiger partial charge < -0.3 is 19.6 Å². The molecule has 1 aromatic carbocycles. The molecule has 1 aliphatic rings. The number of carboxylic acids is 1. The van der Waals surface area contributed by atoms with Crippen LogP contribution in [-0.4, -0.2) is 37.7 Å². The third-order valence-corrected chi connectivity index (χ3v) is 5.21. The van der Waals surface area contributed by atoms with Crippen molar-refractivity contribution in [3.8, 4) is 11.3 Å². The van der Waals surface area contributed by atoms with Crippen molar-refractivity contribution in [2.24, 2.45) is 0 Å². The van der Waals surface area contributed by atoms with Gasteiger partial charge in [-0.15, -0.1) is 0 Å². The number of aliphatic hydroxyl groups excluding tert-OH is 1. The zero-order chi connectivity index (χ0) is 19.8. The van der Waals surface area contributed by atoms with E-state index in [1.54, 1.807) is 24.3 Å². The fraction of sp³-hybridized carbons (Fsp3) is 0.316. The lowest BCUT2D eigenvalue weighted by Gasteiger charge is -2.27. The second kappa shape index (κ2) is 7.29. The van der Waals surface area contributed by atoms with Crippen molar-refractivity contribution in [1.29, 1.82) is 0 Å². The third-order valence-electron chi connectivity index (χ3n) is 4.96. The Morgan fingerprint density at radius 3 is 2.71 bits per heavy atom. The van der Waals surface area contributed by atoms with E-state index >= 15 is 0 Å². The summed E-state index contributed by atoms with van der Waals surface area (Å²) >= 11 is 5.92. The first-order chi connectivity index (χ1) is 13.5. The molecule has 8 nitrogen and oxygen atoms in total. The van der Waals surface area contributed by atoms with Crippen LogP contribution in [0.5, 0.6) is 0 Å².